The van der Waals surface area contributed by atoms with Gasteiger partial charge in [-0.25, -0.2) is 9.18 Å². The predicted molar refractivity (Wildman–Crippen MR) is 89.7 cm³/mol. The quantitative estimate of drug-likeness (QED) is 0.597. The van der Waals surface area contributed by atoms with Gasteiger partial charge in [-0.3, -0.25) is 9.97 Å². The first-order chi connectivity index (χ1) is 11.7. The van der Waals surface area contributed by atoms with E-state index in [4.69, 9.17) is 4.42 Å². The highest BCUT2D eigenvalue weighted by atomic mass is 19.1. The Kier molecular flexibility index (Phi) is 3.35. The Morgan fingerprint density at radius 3 is 2.79 bits per heavy atom. The van der Waals surface area contributed by atoms with Crippen LogP contribution in [0.1, 0.15) is 0 Å². The lowest BCUT2D eigenvalue weighted by Crippen LogP contribution is -1.94. The van der Waals surface area contributed by atoms with E-state index in [0.29, 0.717) is 22.5 Å². The second kappa shape index (κ2) is 5.66. The van der Waals surface area contributed by atoms with Crippen molar-refractivity contribution in [1.29, 1.82) is 0 Å². The van der Waals surface area contributed by atoms with E-state index >= 15 is 0 Å². The molecule has 2 N–H and O–H groups in total. The van der Waals surface area contributed by atoms with Gasteiger partial charge >= 0.3 is 5.76 Å². The van der Waals surface area contributed by atoms with Crippen LogP contribution in [0.25, 0.3) is 22.2 Å². The summed E-state index contributed by atoms with van der Waals surface area (Å²) in [6.07, 6.45) is 3.31. The third-order valence-corrected chi connectivity index (χ3v) is 3.65. The summed E-state index contributed by atoms with van der Waals surface area (Å²) in [6.45, 7) is 0. The van der Waals surface area contributed by atoms with Crippen LogP contribution in [0.5, 0.6) is 0 Å². The maximum atomic E-state index is 13.7. The molecule has 4 aromatic rings. The Bertz CT molecular complexity index is 1080. The lowest BCUT2D eigenvalue weighted by Gasteiger charge is -2.09. The normalized spacial score (nSPS) is 10.9. The van der Waals surface area contributed by atoms with Gasteiger partial charge in [0.2, 0.25) is 0 Å². The first kappa shape index (κ1) is 14.2. The van der Waals surface area contributed by atoms with Crippen molar-refractivity contribution in [3.63, 3.8) is 0 Å². The van der Waals surface area contributed by atoms with Crippen molar-refractivity contribution in [2.45, 2.75) is 0 Å². The van der Waals surface area contributed by atoms with Crippen LogP contribution < -0.4 is 11.1 Å². The number of oxazole rings is 1. The molecule has 0 bridgehead atoms. The molecule has 0 aliphatic rings. The maximum absolute atomic E-state index is 13.7. The Balaban J connectivity index is 1.70. The minimum absolute atomic E-state index is 0.335. The van der Waals surface area contributed by atoms with Crippen LogP contribution >= 0.6 is 0 Å². The lowest BCUT2D eigenvalue weighted by molar-refractivity contribution is 0.555. The van der Waals surface area contributed by atoms with Crippen molar-refractivity contribution in [3.8, 4) is 11.1 Å². The Morgan fingerprint density at radius 1 is 1.04 bits per heavy atom. The molecule has 6 heteroatoms. The summed E-state index contributed by atoms with van der Waals surface area (Å²) in [6, 6.07) is 13.7. The highest BCUT2D eigenvalue weighted by Gasteiger charge is 2.06. The van der Waals surface area contributed by atoms with Crippen molar-refractivity contribution >= 4 is 22.5 Å². The van der Waals surface area contributed by atoms with Crippen LogP contribution in [-0.2, 0) is 0 Å². The number of fused-ring (bicyclic) bond motifs is 1. The summed E-state index contributed by atoms with van der Waals surface area (Å²) in [5, 5.41) is 3.01. The van der Waals surface area contributed by atoms with Gasteiger partial charge < -0.3 is 9.73 Å². The smallest absolute Gasteiger partial charge is 0.408 e. The molecule has 0 aliphatic heterocycles. The SMILES string of the molecule is O=c1[nH]c2ccc(-c3cncc(Nc4ccccc4F)c3)cc2o1. The van der Waals surface area contributed by atoms with Gasteiger partial charge in [-0.1, -0.05) is 18.2 Å². The van der Waals surface area contributed by atoms with E-state index in [-0.39, 0.29) is 5.82 Å². The summed E-state index contributed by atoms with van der Waals surface area (Å²) in [7, 11) is 0. The number of hydrogen-bond donors (Lipinski definition) is 2. The molecular weight excluding hydrogens is 309 g/mol. The van der Waals surface area contributed by atoms with E-state index in [2.05, 4.69) is 15.3 Å². The van der Waals surface area contributed by atoms with E-state index in [1.807, 2.05) is 12.1 Å². The number of aromatic amines is 1. The van der Waals surface area contributed by atoms with Gasteiger partial charge in [-0.2, -0.15) is 0 Å². The third kappa shape index (κ3) is 2.65. The number of para-hydroxylation sites is 1. The van der Waals surface area contributed by atoms with Crippen LogP contribution in [-0.4, -0.2) is 9.97 Å². The molecule has 0 fully saturated rings. The molecule has 5 nitrogen and oxygen atoms in total. The molecule has 4 rings (SSSR count). The van der Waals surface area contributed by atoms with E-state index in [0.717, 1.165) is 11.1 Å². The Labute approximate surface area is 135 Å². The second-order valence-corrected chi connectivity index (χ2v) is 5.29. The molecule has 0 saturated carbocycles. The molecule has 24 heavy (non-hydrogen) atoms. The lowest BCUT2D eigenvalue weighted by atomic mass is 10.1. The summed E-state index contributed by atoms with van der Waals surface area (Å²) in [5.74, 6) is -0.825. The van der Waals surface area contributed by atoms with Gasteiger partial charge in [-0.15, -0.1) is 0 Å². The molecule has 0 aliphatic carbocycles. The van der Waals surface area contributed by atoms with Crippen LogP contribution in [0, 0.1) is 5.82 Å². The van der Waals surface area contributed by atoms with Crippen LogP contribution in [0.3, 0.4) is 0 Å². The summed E-state index contributed by atoms with van der Waals surface area (Å²) < 4.78 is 18.8. The molecule has 0 radical (unpaired) electrons. The predicted octanol–water partition coefficient (Wildman–Crippen LogP) is 4.07. The highest BCUT2D eigenvalue weighted by Crippen LogP contribution is 2.26. The van der Waals surface area contributed by atoms with Gasteiger partial charge in [-0.05, 0) is 35.9 Å². The standard InChI is InChI=1S/C18H12FN3O2/c19-14-3-1-2-4-15(14)21-13-7-12(9-20-10-13)11-5-6-16-17(8-11)24-18(23)22-16/h1-10,21H,(H,22,23). The molecule has 0 unspecified atom stereocenters. The number of nitrogens with one attached hydrogen (secondary N) is 2. The fourth-order valence-corrected chi connectivity index (χ4v) is 2.51. The first-order valence-electron chi connectivity index (χ1n) is 7.29. The topological polar surface area (TPSA) is 70.9 Å². The monoisotopic (exact) mass is 321 g/mol. The molecule has 0 atom stereocenters. The number of benzene rings is 2. The summed E-state index contributed by atoms with van der Waals surface area (Å²) in [4.78, 5) is 18.0. The second-order valence-electron chi connectivity index (χ2n) is 5.29. The number of nitrogens with zero attached hydrogens (tertiary/aromatic N) is 1. The zero-order valence-electron chi connectivity index (χ0n) is 12.4. The fraction of sp³-hybridized carbons (Fsp3) is 0. The van der Waals surface area contributed by atoms with Gasteiger partial charge in [0, 0.05) is 11.8 Å². The molecule has 118 valence electrons. The average Bonchev–Trinajstić information content (AvgIpc) is 2.96. The largest absolute Gasteiger partial charge is 0.417 e. The first-order valence-corrected chi connectivity index (χ1v) is 7.29. The number of hydrogen-bond acceptors (Lipinski definition) is 4. The zero-order chi connectivity index (χ0) is 16.5. The number of halogens is 1. The van der Waals surface area contributed by atoms with Gasteiger partial charge in [0.05, 0.1) is 23.1 Å². The fourth-order valence-electron chi connectivity index (χ4n) is 2.51. The Morgan fingerprint density at radius 2 is 1.92 bits per heavy atom. The van der Waals surface area contributed by atoms with Crippen molar-refractivity contribution in [3.05, 3.63) is 77.3 Å². The zero-order valence-corrected chi connectivity index (χ0v) is 12.4. The van der Waals surface area contributed by atoms with Crippen molar-refractivity contribution < 1.29 is 8.81 Å². The van der Waals surface area contributed by atoms with Crippen molar-refractivity contribution in [1.82, 2.24) is 9.97 Å². The average molecular weight is 321 g/mol. The number of pyridine rings is 1. The summed E-state index contributed by atoms with van der Waals surface area (Å²) in [5.41, 5.74) is 3.82. The molecule has 2 aromatic heterocycles. The van der Waals surface area contributed by atoms with E-state index in [1.165, 1.54) is 6.07 Å². The summed E-state index contributed by atoms with van der Waals surface area (Å²) >= 11 is 0. The van der Waals surface area contributed by atoms with E-state index in [9.17, 15) is 9.18 Å². The van der Waals surface area contributed by atoms with Gasteiger partial charge in [0.25, 0.3) is 0 Å². The van der Waals surface area contributed by atoms with Crippen molar-refractivity contribution in [2.75, 3.05) is 5.32 Å². The van der Waals surface area contributed by atoms with Gasteiger partial charge in [0.1, 0.15) is 5.82 Å². The number of aromatic nitrogens is 2. The van der Waals surface area contributed by atoms with Gasteiger partial charge in [0.15, 0.2) is 5.58 Å². The maximum Gasteiger partial charge on any atom is 0.417 e. The molecule has 0 spiro atoms. The Hall–Kier alpha value is -3.41. The highest BCUT2D eigenvalue weighted by molar-refractivity contribution is 5.80. The van der Waals surface area contributed by atoms with Crippen LogP contribution in [0.15, 0.2) is 70.1 Å². The molecule has 2 heterocycles. The third-order valence-electron chi connectivity index (χ3n) is 3.65. The minimum Gasteiger partial charge on any atom is -0.408 e. The van der Waals surface area contributed by atoms with E-state index in [1.54, 1.807) is 42.7 Å². The minimum atomic E-state index is -0.491. The number of anilines is 2. The van der Waals surface area contributed by atoms with Crippen molar-refractivity contribution in [2.24, 2.45) is 0 Å². The molecule has 0 amide bonds. The number of rotatable bonds is 3. The number of H-pyrrole nitrogens is 1. The van der Waals surface area contributed by atoms with Crippen LogP contribution in [0.2, 0.25) is 0 Å². The molecule has 0 saturated heterocycles. The van der Waals surface area contributed by atoms with E-state index < -0.39 is 5.76 Å². The molecule has 2 aromatic carbocycles. The molecular formula is C18H12FN3O2. The van der Waals surface area contributed by atoms with Crippen LogP contribution in [0.4, 0.5) is 15.8 Å².